The van der Waals surface area contributed by atoms with Crippen molar-refractivity contribution in [2.75, 3.05) is 19.0 Å². The molecule has 0 spiro atoms. The number of hydrogen-bond donors (Lipinski definition) is 1. The number of carbonyl (C=O) groups is 2. The van der Waals surface area contributed by atoms with E-state index in [4.69, 9.17) is 4.74 Å². The zero-order valence-corrected chi connectivity index (χ0v) is 15.0. The van der Waals surface area contributed by atoms with Crippen molar-refractivity contribution in [1.29, 1.82) is 0 Å². The Morgan fingerprint density at radius 1 is 1.25 bits per heavy atom. The maximum Gasteiger partial charge on any atom is 0.338 e. The number of rotatable bonds is 5. The first kappa shape index (κ1) is 18.3. The SMILES string of the molecule is C[C@@H](OC(=O)c1cccc(N(C)C)c1)C(=O)N[C@H]1CCCC[C@@H]1C. The summed E-state index contributed by atoms with van der Waals surface area (Å²) in [4.78, 5) is 26.5. The highest BCUT2D eigenvalue weighted by Crippen LogP contribution is 2.24. The number of carbonyl (C=O) groups excluding carboxylic acids is 2. The first-order valence-electron chi connectivity index (χ1n) is 8.67. The summed E-state index contributed by atoms with van der Waals surface area (Å²) in [5, 5.41) is 3.03. The van der Waals surface area contributed by atoms with Gasteiger partial charge in [0.1, 0.15) is 0 Å². The second-order valence-corrected chi connectivity index (χ2v) is 6.87. The van der Waals surface area contributed by atoms with Gasteiger partial charge in [0.05, 0.1) is 5.56 Å². The van der Waals surface area contributed by atoms with Crippen LogP contribution < -0.4 is 10.2 Å². The molecule has 1 amide bonds. The van der Waals surface area contributed by atoms with E-state index in [0.29, 0.717) is 11.5 Å². The Morgan fingerprint density at radius 3 is 2.62 bits per heavy atom. The van der Waals surface area contributed by atoms with Gasteiger partial charge < -0.3 is 15.0 Å². The molecule has 1 aromatic rings. The normalized spacial score (nSPS) is 21.7. The number of hydrogen-bond acceptors (Lipinski definition) is 4. The quantitative estimate of drug-likeness (QED) is 0.842. The molecule has 1 fully saturated rings. The largest absolute Gasteiger partial charge is 0.449 e. The Bertz CT molecular complexity index is 586. The molecule has 0 saturated heterocycles. The summed E-state index contributed by atoms with van der Waals surface area (Å²) in [5.41, 5.74) is 1.37. The van der Waals surface area contributed by atoms with Crippen LogP contribution in [0, 0.1) is 5.92 Å². The molecule has 1 aromatic carbocycles. The van der Waals surface area contributed by atoms with Gasteiger partial charge in [-0.15, -0.1) is 0 Å². The first-order valence-corrected chi connectivity index (χ1v) is 8.67. The van der Waals surface area contributed by atoms with Crippen LogP contribution in [0.15, 0.2) is 24.3 Å². The minimum atomic E-state index is -0.797. The lowest BCUT2D eigenvalue weighted by molar-refractivity contribution is -0.130. The van der Waals surface area contributed by atoms with Crippen LogP contribution in [0.4, 0.5) is 5.69 Å². The van der Waals surface area contributed by atoms with Gasteiger partial charge in [-0.2, -0.15) is 0 Å². The van der Waals surface area contributed by atoms with Crippen molar-refractivity contribution in [3.05, 3.63) is 29.8 Å². The van der Waals surface area contributed by atoms with E-state index >= 15 is 0 Å². The molecule has 1 aliphatic rings. The summed E-state index contributed by atoms with van der Waals surface area (Å²) in [6, 6.07) is 7.36. The molecule has 5 heteroatoms. The van der Waals surface area contributed by atoms with E-state index in [1.807, 2.05) is 25.1 Å². The Morgan fingerprint density at radius 2 is 1.96 bits per heavy atom. The van der Waals surface area contributed by atoms with Crippen LogP contribution in [-0.4, -0.2) is 38.1 Å². The van der Waals surface area contributed by atoms with Crippen molar-refractivity contribution in [3.63, 3.8) is 0 Å². The van der Waals surface area contributed by atoms with Crippen LogP contribution in [0.25, 0.3) is 0 Å². The van der Waals surface area contributed by atoms with Gasteiger partial charge in [0.2, 0.25) is 0 Å². The molecule has 132 valence electrons. The summed E-state index contributed by atoms with van der Waals surface area (Å²) in [7, 11) is 3.82. The Labute approximate surface area is 144 Å². The van der Waals surface area contributed by atoms with Gasteiger partial charge in [-0.25, -0.2) is 4.79 Å². The lowest BCUT2D eigenvalue weighted by Gasteiger charge is -2.30. The van der Waals surface area contributed by atoms with Gasteiger partial charge in [-0.1, -0.05) is 25.8 Å². The van der Waals surface area contributed by atoms with Gasteiger partial charge >= 0.3 is 5.97 Å². The molecule has 0 radical (unpaired) electrons. The molecule has 2 rings (SSSR count). The van der Waals surface area contributed by atoms with Crippen molar-refractivity contribution in [2.24, 2.45) is 5.92 Å². The zero-order chi connectivity index (χ0) is 17.7. The summed E-state index contributed by atoms with van der Waals surface area (Å²) in [5.74, 6) is -0.216. The molecule has 0 heterocycles. The highest BCUT2D eigenvalue weighted by molar-refractivity contribution is 5.93. The highest BCUT2D eigenvalue weighted by atomic mass is 16.5. The Kier molecular flexibility index (Phi) is 6.23. The fourth-order valence-electron chi connectivity index (χ4n) is 3.02. The van der Waals surface area contributed by atoms with Crippen LogP contribution in [0.1, 0.15) is 49.9 Å². The number of amides is 1. The third kappa shape index (κ3) is 4.73. The van der Waals surface area contributed by atoms with Crippen LogP contribution in [-0.2, 0) is 9.53 Å². The van der Waals surface area contributed by atoms with Gasteiger partial charge in [0.25, 0.3) is 5.91 Å². The van der Waals surface area contributed by atoms with Crippen molar-refractivity contribution >= 4 is 17.6 Å². The molecule has 3 atom stereocenters. The monoisotopic (exact) mass is 332 g/mol. The molecular formula is C19H28N2O3. The molecule has 0 aliphatic heterocycles. The van der Waals surface area contributed by atoms with Gasteiger partial charge in [-0.05, 0) is 43.9 Å². The predicted molar refractivity (Wildman–Crippen MR) is 95.2 cm³/mol. The molecule has 1 N–H and O–H groups in total. The summed E-state index contributed by atoms with van der Waals surface area (Å²) < 4.78 is 5.34. The smallest absolute Gasteiger partial charge is 0.338 e. The van der Waals surface area contributed by atoms with Crippen LogP contribution in [0.3, 0.4) is 0 Å². The van der Waals surface area contributed by atoms with E-state index in [-0.39, 0.29) is 11.9 Å². The lowest BCUT2D eigenvalue weighted by atomic mass is 9.86. The fourth-order valence-corrected chi connectivity index (χ4v) is 3.02. The standard InChI is InChI=1S/C19H28N2O3/c1-13-8-5-6-11-17(13)20-18(22)14(2)24-19(23)15-9-7-10-16(12-15)21(3)4/h7,9-10,12-14,17H,5-6,8,11H2,1-4H3,(H,20,22)/t13-,14+,17-/m0/s1. The minimum Gasteiger partial charge on any atom is -0.449 e. The van der Waals surface area contributed by atoms with Crippen molar-refractivity contribution < 1.29 is 14.3 Å². The number of benzene rings is 1. The Hall–Kier alpha value is -2.04. The average Bonchev–Trinajstić information content (AvgIpc) is 2.56. The van der Waals surface area contributed by atoms with E-state index in [9.17, 15) is 9.59 Å². The maximum atomic E-state index is 12.3. The van der Waals surface area contributed by atoms with Gasteiger partial charge in [-0.3, -0.25) is 4.79 Å². The highest BCUT2D eigenvalue weighted by Gasteiger charge is 2.26. The van der Waals surface area contributed by atoms with Crippen LogP contribution >= 0.6 is 0 Å². The Balaban J connectivity index is 1.93. The van der Waals surface area contributed by atoms with E-state index in [2.05, 4.69) is 12.2 Å². The molecule has 0 bridgehead atoms. The zero-order valence-electron chi connectivity index (χ0n) is 15.0. The van der Waals surface area contributed by atoms with E-state index in [1.165, 1.54) is 6.42 Å². The third-order valence-corrected chi connectivity index (χ3v) is 4.69. The number of nitrogens with one attached hydrogen (secondary N) is 1. The van der Waals surface area contributed by atoms with E-state index in [0.717, 1.165) is 24.9 Å². The third-order valence-electron chi connectivity index (χ3n) is 4.69. The fraction of sp³-hybridized carbons (Fsp3) is 0.579. The van der Waals surface area contributed by atoms with Crippen LogP contribution in [0.5, 0.6) is 0 Å². The molecule has 24 heavy (non-hydrogen) atoms. The predicted octanol–water partition coefficient (Wildman–Crippen LogP) is 2.99. The van der Waals surface area contributed by atoms with Crippen molar-refractivity contribution in [1.82, 2.24) is 5.32 Å². The van der Waals surface area contributed by atoms with Gasteiger partial charge in [0.15, 0.2) is 6.10 Å². The van der Waals surface area contributed by atoms with Crippen LogP contribution in [0.2, 0.25) is 0 Å². The lowest BCUT2D eigenvalue weighted by Crippen LogP contribution is -2.46. The summed E-state index contributed by atoms with van der Waals surface area (Å²) >= 11 is 0. The maximum absolute atomic E-state index is 12.3. The topological polar surface area (TPSA) is 58.6 Å². The average molecular weight is 332 g/mol. The number of nitrogens with zero attached hydrogens (tertiary/aromatic N) is 1. The molecular weight excluding hydrogens is 304 g/mol. The summed E-state index contributed by atoms with van der Waals surface area (Å²) in [6.07, 6.45) is 3.70. The van der Waals surface area contributed by atoms with E-state index in [1.54, 1.807) is 25.1 Å². The molecule has 1 saturated carbocycles. The summed E-state index contributed by atoms with van der Waals surface area (Å²) in [6.45, 7) is 3.78. The molecule has 1 aliphatic carbocycles. The second-order valence-electron chi connectivity index (χ2n) is 6.87. The first-order chi connectivity index (χ1) is 11.4. The van der Waals surface area contributed by atoms with Crippen molar-refractivity contribution in [2.45, 2.75) is 51.7 Å². The molecule has 0 aromatic heterocycles. The minimum absolute atomic E-state index is 0.185. The number of ether oxygens (including phenoxy) is 1. The van der Waals surface area contributed by atoms with E-state index < -0.39 is 12.1 Å². The van der Waals surface area contributed by atoms with Gasteiger partial charge in [0, 0.05) is 25.8 Å². The number of anilines is 1. The molecule has 5 nitrogen and oxygen atoms in total. The second kappa shape index (κ2) is 8.18. The molecule has 0 unspecified atom stereocenters. The van der Waals surface area contributed by atoms with Crippen molar-refractivity contribution in [3.8, 4) is 0 Å². The number of esters is 1.